The van der Waals surface area contributed by atoms with E-state index >= 15 is 0 Å². The van der Waals surface area contributed by atoms with Gasteiger partial charge in [0.2, 0.25) is 0 Å². The Kier molecular flexibility index (Phi) is 3.28. The van der Waals surface area contributed by atoms with Crippen LogP contribution in [-0.4, -0.2) is 4.98 Å². The minimum atomic E-state index is 0.110. The zero-order chi connectivity index (χ0) is 13.3. The molecule has 0 saturated heterocycles. The Balaban J connectivity index is 2.08. The van der Waals surface area contributed by atoms with Gasteiger partial charge in [0, 0.05) is 23.8 Å². The highest BCUT2D eigenvalue weighted by molar-refractivity contribution is 5.85. The zero-order valence-corrected chi connectivity index (χ0v) is 11.6. The summed E-state index contributed by atoms with van der Waals surface area (Å²) in [6.07, 6.45) is 10.2. The third-order valence-electron chi connectivity index (χ3n) is 5.00. The van der Waals surface area contributed by atoms with Crippen molar-refractivity contribution in [3.63, 3.8) is 0 Å². The molecule has 1 heterocycles. The number of fused-ring (bicyclic) bond motifs is 1. The zero-order valence-electron chi connectivity index (χ0n) is 11.6. The molecule has 1 unspecified atom stereocenters. The van der Waals surface area contributed by atoms with E-state index in [9.17, 15) is 0 Å². The topological polar surface area (TPSA) is 38.9 Å². The first kappa shape index (κ1) is 12.6. The van der Waals surface area contributed by atoms with Gasteiger partial charge in [-0.15, -0.1) is 0 Å². The number of rotatable bonds is 3. The second-order valence-corrected chi connectivity index (χ2v) is 5.85. The Morgan fingerprint density at radius 3 is 2.68 bits per heavy atom. The number of aromatic nitrogens is 1. The highest BCUT2D eigenvalue weighted by Crippen LogP contribution is 2.49. The number of nitrogens with zero attached hydrogens (tertiary/aromatic N) is 1. The van der Waals surface area contributed by atoms with Crippen molar-refractivity contribution in [3.8, 4) is 0 Å². The van der Waals surface area contributed by atoms with Crippen LogP contribution in [0.25, 0.3) is 10.8 Å². The molecule has 1 aromatic carbocycles. The molecule has 2 N–H and O–H groups in total. The SMILES string of the molecule is CCC1(C(N)c2cncc3ccccc23)CCCC1. The van der Waals surface area contributed by atoms with Gasteiger partial charge in [-0.3, -0.25) is 4.98 Å². The van der Waals surface area contributed by atoms with Gasteiger partial charge in [0.1, 0.15) is 0 Å². The standard InChI is InChI=1S/C17H22N2/c1-2-17(9-5-6-10-17)16(18)15-12-19-11-13-7-3-4-8-14(13)15/h3-4,7-8,11-12,16H,2,5-6,9-10,18H2,1H3. The summed E-state index contributed by atoms with van der Waals surface area (Å²) in [5.74, 6) is 0. The van der Waals surface area contributed by atoms with Crippen LogP contribution in [0, 0.1) is 5.41 Å². The first-order chi connectivity index (χ1) is 9.27. The molecule has 0 amide bonds. The number of nitrogens with two attached hydrogens (primary N) is 1. The van der Waals surface area contributed by atoms with Crippen LogP contribution in [0.3, 0.4) is 0 Å². The summed E-state index contributed by atoms with van der Waals surface area (Å²) in [7, 11) is 0. The molecule has 1 aliphatic carbocycles. The largest absolute Gasteiger partial charge is 0.323 e. The number of pyridine rings is 1. The molecule has 2 nitrogen and oxygen atoms in total. The molecule has 0 spiro atoms. The van der Waals surface area contributed by atoms with Gasteiger partial charge in [0.25, 0.3) is 0 Å². The molecular weight excluding hydrogens is 232 g/mol. The Labute approximate surface area is 115 Å². The van der Waals surface area contributed by atoms with E-state index in [1.165, 1.54) is 42.0 Å². The van der Waals surface area contributed by atoms with Crippen molar-refractivity contribution in [2.24, 2.45) is 11.1 Å². The maximum absolute atomic E-state index is 6.67. The minimum absolute atomic E-state index is 0.110. The van der Waals surface area contributed by atoms with Gasteiger partial charge in [-0.25, -0.2) is 0 Å². The maximum atomic E-state index is 6.67. The van der Waals surface area contributed by atoms with E-state index in [1.54, 1.807) is 0 Å². The first-order valence-electron chi connectivity index (χ1n) is 7.35. The fraction of sp³-hybridized carbons (Fsp3) is 0.471. The van der Waals surface area contributed by atoms with Crippen LogP contribution in [0.4, 0.5) is 0 Å². The summed E-state index contributed by atoms with van der Waals surface area (Å²) in [5.41, 5.74) is 8.18. The monoisotopic (exact) mass is 254 g/mol. The fourth-order valence-electron chi connectivity index (χ4n) is 3.68. The highest BCUT2D eigenvalue weighted by Gasteiger charge is 2.39. The molecule has 1 atom stereocenters. The van der Waals surface area contributed by atoms with E-state index in [-0.39, 0.29) is 11.5 Å². The molecular formula is C17H22N2. The van der Waals surface area contributed by atoms with Crippen LogP contribution < -0.4 is 5.73 Å². The van der Waals surface area contributed by atoms with E-state index in [0.717, 1.165) is 6.42 Å². The van der Waals surface area contributed by atoms with Crippen molar-refractivity contribution >= 4 is 10.8 Å². The van der Waals surface area contributed by atoms with Crippen molar-refractivity contribution in [3.05, 3.63) is 42.2 Å². The van der Waals surface area contributed by atoms with Crippen LogP contribution in [0.15, 0.2) is 36.7 Å². The van der Waals surface area contributed by atoms with Crippen LogP contribution in [-0.2, 0) is 0 Å². The molecule has 0 radical (unpaired) electrons. The second kappa shape index (κ2) is 4.93. The lowest BCUT2D eigenvalue weighted by molar-refractivity contribution is 0.223. The Hall–Kier alpha value is -1.41. The molecule has 2 heteroatoms. The van der Waals surface area contributed by atoms with E-state index in [4.69, 9.17) is 5.73 Å². The van der Waals surface area contributed by atoms with Crippen LogP contribution in [0.2, 0.25) is 0 Å². The van der Waals surface area contributed by atoms with Crippen LogP contribution in [0.5, 0.6) is 0 Å². The predicted octanol–water partition coefficient (Wildman–Crippen LogP) is 4.21. The van der Waals surface area contributed by atoms with Gasteiger partial charge in [-0.1, -0.05) is 44.0 Å². The van der Waals surface area contributed by atoms with E-state index < -0.39 is 0 Å². The van der Waals surface area contributed by atoms with Gasteiger partial charge in [0.05, 0.1) is 0 Å². The molecule has 1 aromatic heterocycles. The lowest BCUT2D eigenvalue weighted by atomic mass is 9.73. The van der Waals surface area contributed by atoms with Gasteiger partial charge < -0.3 is 5.73 Å². The molecule has 2 aromatic rings. The third kappa shape index (κ3) is 2.04. The summed E-state index contributed by atoms with van der Waals surface area (Å²) in [6, 6.07) is 8.55. The van der Waals surface area contributed by atoms with Gasteiger partial charge in [-0.2, -0.15) is 0 Å². The maximum Gasteiger partial charge on any atom is 0.0373 e. The predicted molar refractivity (Wildman–Crippen MR) is 79.9 cm³/mol. The van der Waals surface area contributed by atoms with Crippen molar-refractivity contribution in [2.75, 3.05) is 0 Å². The molecule has 100 valence electrons. The summed E-state index contributed by atoms with van der Waals surface area (Å²) < 4.78 is 0. The van der Waals surface area contributed by atoms with Crippen molar-refractivity contribution in [1.82, 2.24) is 4.98 Å². The lowest BCUT2D eigenvalue weighted by Crippen LogP contribution is -2.32. The quantitative estimate of drug-likeness (QED) is 0.891. The summed E-state index contributed by atoms with van der Waals surface area (Å²) in [4.78, 5) is 4.39. The number of benzene rings is 1. The summed E-state index contributed by atoms with van der Waals surface area (Å²) in [6.45, 7) is 2.28. The average Bonchev–Trinajstić information content (AvgIpc) is 2.96. The molecule has 0 bridgehead atoms. The number of hydrogen-bond donors (Lipinski definition) is 1. The van der Waals surface area contributed by atoms with Crippen LogP contribution >= 0.6 is 0 Å². The van der Waals surface area contributed by atoms with E-state index in [2.05, 4.69) is 36.2 Å². The fourth-order valence-corrected chi connectivity index (χ4v) is 3.68. The van der Waals surface area contributed by atoms with Crippen molar-refractivity contribution in [2.45, 2.75) is 45.1 Å². The van der Waals surface area contributed by atoms with Crippen molar-refractivity contribution < 1.29 is 0 Å². The van der Waals surface area contributed by atoms with Gasteiger partial charge >= 0.3 is 0 Å². The molecule has 3 rings (SSSR count). The van der Waals surface area contributed by atoms with E-state index in [0.29, 0.717) is 0 Å². The van der Waals surface area contributed by atoms with Gasteiger partial charge in [0.15, 0.2) is 0 Å². The molecule has 1 aliphatic rings. The first-order valence-corrected chi connectivity index (χ1v) is 7.35. The lowest BCUT2D eigenvalue weighted by Gasteiger charge is -2.35. The summed E-state index contributed by atoms with van der Waals surface area (Å²) in [5, 5.41) is 2.46. The Morgan fingerprint density at radius 2 is 1.95 bits per heavy atom. The molecule has 19 heavy (non-hydrogen) atoms. The normalized spacial score (nSPS) is 19.7. The van der Waals surface area contributed by atoms with Crippen molar-refractivity contribution in [1.29, 1.82) is 0 Å². The highest BCUT2D eigenvalue weighted by atomic mass is 14.7. The Morgan fingerprint density at radius 1 is 1.21 bits per heavy atom. The molecule has 1 saturated carbocycles. The van der Waals surface area contributed by atoms with E-state index in [1.807, 2.05) is 12.4 Å². The summed E-state index contributed by atoms with van der Waals surface area (Å²) >= 11 is 0. The minimum Gasteiger partial charge on any atom is -0.323 e. The second-order valence-electron chi connectivity index (χ2n) is 5.85. The molecule has 0 aliphatic heterocycles. The van der Waals surface area contributed by atoms with Crippen LogP contribution in [0.1, 0.15) is 50.6 Å². The van der Waals surface area contributed by atoms with Gasteiger partial charge in [-0.05, 0) is 35.6 Å². The molecule has 1 fully saturated rings. The smallest absolute Gasteiger partial charge is 0.0373 e. The third-order valence-corrected chi connectivity index (χ3v) is 5.00. The average molecular weight is 254 g/mol. The Bertz CT molecular complexity index is 565. The number of hydrogen-bond acceptors (Lipinski definition) is 2.